The first-order chi connectivity index (χ1) is 5.88. The quantitative estimate of drug-likeness (QED) is 0.716. The van der Waals surface area contributed by atoms with Gasteiger partial charge in [0.2, 0.25) is 0 Å². The zero-order valence-corrected chi connectivity index (χ0v) is 12.9. The molecule has 0 aliphatic heterocycles. The van der Waals surface area contributed by atoms with Crippen LogP contribution in [0.5, 0.6) is 0 Å². The monoisotopic (exact) mass is 310 g/mol. The van der Waals surface area contributed by atoms with Gasteiger partial charge in [0.15, 0.2) is 0 Å². The number of rotatable bonds is 2. The first-order valence-corrected chi connectivity index (χ1v) is 4.70. The van der Waals surface area contributed by atoms with Gasteiger partial charge in [-0.15, -0.1) is 0 Å². The summed E-state index contributed by atoms with van der Waals surface area (Å²) < 4.78 is 36.7. The Hall–Kier alpha value is 1.48. The van der Waals surface area contributed by atoms with E-state index < -0.39 is 13.3 Å². The zero-order valence-electron chi connectivity index (χ0n) is 7.41. The number of hydrogen-bond acceptors (Lipinski definition) is 0. The van der Waals surface area contributed by atoms with Crippen LogP contribution in [-0.4, -0.2) is 6.98 Å². The van der Waals surface area contributed by atoms with Crippen LogP contribution in [0, 0.1) is 0 Å². The van der Waals surface area contributed by atoms with Gasteiger partial charge in [0.1, 0.15) is 0 Å². The van der Waals surface area contributed by atoms with E-state index in [4.69, 9.17) is 11.6 Å². The van der Waals surface area contributed by atoms with Crippen LogP contribution in [0.15, 0.2) is 22.7 Å². The van der Waals surface area contributed by atoms with Crippen molar-refractivity contribution >= 4 is 34.5 Å². The van der Waals surface area contributed by atoms with Crippen LogP contribution in [0.2, 0.25) is 5.02 Å². The van der Waals surface area contributed by atoms with Gasteiger partial charge in [-0.2, -0.15) is 0 Å². The normalized spacial score (nSPS) is 10.9. The van der Waals surface area contributed by atoms with Crippen molar-refractivity contribution in [1.29, 1.82) is 0 Å². The van der Waals surface area contributed by atoms with E-state index in [1.54, 1.807) is 6.07 Å². The van der Waals surface area contributed by atoms with Crippen molar-refractivity contribution in [3.05, 3.63) is 33.3 Å². The third-order valence-electron chi connectivity index (χ3n) is 1.46. The number of halogens is 5. The summed E-state index contributed by atoms with van der Waals surface area (Å²) in [6.07, 6.45) is -0.932. The molecule has 0 nitrogen and oxygen atoms in total. The van der Waals surface area contributed by atoms with Crippen LogP contribution in [0.3, 0.4) is 0 Å². The third-order valence-corrected chi connectivity index (χ3v) is 2.32. The molecule has 0 amide bonds. The summed E-state index contributed by atoms with van der Waals surface area (Å²) in [4.78, 5) is 0. The Bertz CT molecular complexity index is 318. The van der Waals surface area contributed by atoms with E-state index in [-0.39, 0.29) is 62.0 Å². The smallest absolute Gasteiger partial charge is 0.449 e. The van der Waals surface area contributed by atoms with Crippen LogP contribution >= 0.6 is 27.5 Å². The second-order valence-corrected chi connectivity index (χ2v) is 3.97. The molecule has 0 fully saturated rings. The molecule has 1 rings (SSSR count). The van der Waals surface area contributed by atoms with Gasteiger partial charge < -0.3 is 12.9 Å². The summed E-state index contributed by atoms with van der Waals surface area (Å²) in [6, 6.07) is 4.44. The minimum atomic E-state index is -4.82. The van der Waals surface area contributed by atoms with Crippen LogP contribution in [0.1, 0.15) is 5.56 Å². The van der Waals surface area contributed by atoms with Gasteiger partial charge in [-0.3, -0.25) is 0 Å². The molecule has 72 valence electrons. The maximum Gasteiger partial charge on any atom is 1.00 e. The predicted molar refractivity (Wildman–Crippen MR) is 51.9 cm³/mol. The molecule has 0 saturated carbocycles. The fraction of sp³-hybridized carbons (Fsp3) is 0.143. The molecule has 0 saturated heterocycles. The number of hydrogen-bond donors (Lipinski definition) is 0. The molecule has 14 heavy (non-hydrogen) atoms. The van der Waals surface area contributed by atoms with Crippen LogP contribution in [-0.2, 0) is 6.32 Å². The molecule has 0 N–H and O–H groups in total. The summed E-state index contributed by atoms with van der Waals surface area (Å²) >= 11 is 8.68. The van der Waals surface area contributed by atoms with Crippen molar-refractivity contribution in [2.75, 3.05) is 0 Å². The van der Waals surface area contributed by atoms with Gasteiger partial charge in [-0.05, 0) is 18.2 Å². The average molecular weight is 311 g/mol. The number of benzene rings is 1. The maximum atomic E-state index is 12.0. The molecule has 0 unspecified atom stereocenters. The molecule has 7 heteroatoms. The molecular formula is C7H5BBrClF3K. The average Bonchev–Trinajstić information content (AvgIpc) is 1.94. The van der Waals surface area contributed by atoms with Crippen LogP contribution < -0.4 is 51.4 Å². The Balaban J connectivity index is 0.00000169. The topological polar surface area (TPSA) is 0 Å². The van der Waals surface area contributed by atoms with Gasteiger partial charge >= 0.3 is 58.4 Å². The zero-order chi connectivity index (χ0) is 10.1. The maximum absolute atomic E-state index is 12.0. The molecule has 0 spiro atoms. The van der Waals surface area contributed by atoms with Crippen molar-refractivity contribution in [2.45, 2.75) is 6.32 Å². The largest absolute Gasteiger partial charge is 1.00 e. The van der Waals surface area contributed by atoms with E-state index in [9.17, 15) is 12.9 Å². The van der Waals surface area contributed by atoms with Crippen molar-refractivity contribution in [3.63, 3.8) is 0 Å². The van der Waals surface area contributed by atoms with E-state index in [2.05, 4.69) is 15.9 Å². The molecule has 0 aromatic heterocycles. The van der Waals surface area contributed by atoms with Gasteiger partial charge in [-0.25, -0.2) is 0 Å². The van der Waals surface area contributed by atoms with Crippen molar-refractivity contribution in [1.82, 2.24) is 0 Å². The fourth-order valence-electron chi connectivity index (χ4n) is 0.949. The summed E-state index contributed by atoms with van der Waals surface area (Å²) in [5.74, 6) is 0. The molecule has 0 atom stereocenters. The molecule has 0 aliphatic carbocycles. The first kappa shape index (κ1) is 15.5. The molecule has 1 aromatic carbocycles. The molecule has 0 bridgehead atoms. The van der Waals surface area contributed by atoms with Crippen LogP contribution in [0.4, 0.5) is 12.9 Å². The second kappa shape index (κ2) is 6.27. The Morgan fingerprint density at radius 3 is 2.36 bits per heavy atom. The van der Waals surface area contributed by atoms with E-state index in [1.807, 2.05) is 0 Å². The Morgan fingerprint density at radius 1 is 1.29 bits per heavy atom. The van der Waals surface area contributed by atoms with Gasteiger partial charge in [0, 0.05) is 9.50 Å². The van der Waals surface area contributed by atoms with E-state index in [0.717, 1.165) is 0 Å². The summed E-state index contributed by atoms with van der Waals surface area (Å²) in [6.45, 7) is -4.82. The van der Waals surface area contributed by atoms with E-state index in [0.29, 0.717) is 4.47 Å². The molecule has 0 heterocycles. The molecule has 0 radical (unpaired) electrons. The van der Waals surface area contributed by atoms with E-state index in [1.165, 1.54) is 12.1 Å². The predicted octanol–water partition coefficient (Wildman–Crippen LogP) is 1.04. The minimum Gasteiger partial charge on any atom is -0.449 e. The van der Waals surface area contributed by atoms with E-state index >= 15 is 0 Å². The van der Waals surface area contributed by atoms with Gasteiger partial charge in [-0.1, -0.05) is 39.4 Å². The van der Waals surface area contributed by atoms with Crippen molar-refractivity contribution in [3.8, 4) is 0 Å². The molecule has 1 aromatic rings. The molecular weight excluding hydrogens is 306 g/mol. The minimum absolute atomic E-state index is 0. The van der Waals surface area contributed by atoms with Crippen molar-refractivity contribution in [2.24, 2.45) is 0 Å². The second-order valence-electron chi connectivity index (χ2n) is 2.65. The summed E-state index contributed by atoms with van der Waals surface area (Å²) in [5, 5.41) is 0.155. The standard InChI is InChI=1S/C7H5BBrClF3.K/c9-6-1-2-7(10)5(3-6)4-8(11,12)13;/h1-3H,4H2;/q-1;+1. The molecule has 0 aliphatic rings. The third kappa shape index (κ3) is 5.53. The van der Waals surface area contributed by atoms with Crippen LogP contribution in [0.25, 0.3) is 0 Å². The first-order valence-electron chi connectivity index (χ1n) is 3.53. The fourth-order valence-corrected chi connectivity index (χ4v) is 1.55. The van der Waals surface area contributed by atoms with Crippen molar-refractivity contribution < 1.29 is 64.3 Å². The summed E-state index contributed by atoms with van der Waals surface area (Å²) in [5.41, 5.74) is 0.114. The summed E-state index contributed by atoms with van der Waals surface area (Å²) in [7, 11) is 0. The van der Waals surface area contributed by atoms with Gasteiger partial charge in [0.05, 0.1) is 0 Å². The Morgan fingerprint density at radius 2 is 1.86 bits per heavy atom. The Labute approximate surface area is 136 Å². The SMILES string of the molecule is F[B-](F)(F)Cc1cc(Br)ccc1Cl.[K+]. The Kier molecular flexibility index (Phi) is 6.94. The van der Waals surface area contributed by atoms with Gasteiger partial charge in [0.25, 0.3) is 0 Å².